The van der Waals surface area contributed by atoms with Gasteiger partial charge >= 0.3 is 0 Å². The van der Waals surface area contributed by atoms with E-state index in [0.29, 0.717) is 16.9 Å². The van der Waals surface area contributed by atoms with Gasteiger partial charge in [-0.2, -0.15) is 5.10 Å². The Labute approximate surface area is 203 Å². The number of carbonyl (C=O) groups is 2. The lowest BCUT2D eigenvalue weighted by Crippen LogP contribution is -2.30. The van der Waals surface area contributed by atoms with Crippen molar-refractivity contribution in [2.45, 2.75) is 25.9 Å². The lowest BCUT2D eigenvalue weighted by molar-refractivity contribution is -0.119. The molecule has 2 heterocycles. The monoisotopic (exact) mass is 466 g/mol. The maximum absolute atomic E-state index is 12.7. The highest BCUT2D eigenvalue weighted by atomic mass is 16.2. The number of nitrogens with one attached hydrogen (secondary N) is 2. The first-order valence-corrected chi connectivity index (χ1v) is 11.5. The molecular formula is C27H26N6O2. The van der Waals surface area contributed by atoms with Crippen LogP contribution < -0.4 is 15.5 Å². The van der Waals surface area contributed by atoms with Crippen LogP contribution in [-0.4, -0.2) is 33.1 Å². The zero-order valence-electron chi connectivity index (χ0n) is 19.4. The molecule has 176 valence electrons. The Morgan fingerprint density at radius 2 is 1.57 bits per heavy atom. The van der Waals surface area contributed by atoms with Gasteiger partial charge in [-0.25, -0.2) is 9.67 Å². The van der Waals surface area contributed by atoms with Crippen molar-refractivity contribution in [1.82, 2.24) is 14.8 Å². The number of aromatic nitrogens is 3. The van der Waals surface area contributed by atoms with E-state index in [2.05, 4.69) is 49.9 Å². The molecule has 0 saturated heterocycles. The average Bonchev–Trinajstić information content (AvgIpc) is 3.44. The zero-order chi connectivity index (χ0) is 24.2. The number of hydrogen-bond acceptors (Lipinski definition) is 5. The summed E-state index contributed by atoms with van der Waals surface area (Å²) < 4.78 is 1.49. The largest absolute Gasteiger partial charge is 0.367 e. The second-order valence-corrected chi connectivity index (χ2v) is 8.56. The van der Waals surface area contributed by atoms with Gasteiger partial charge in [0.25, 0.3) is 5.91 Å². The fourth-order valence-corrected chi connectivity index (χ4v) is 4.16. The third-order valence-corrected chi connectivity index (χ3v) is 6.25. The molecule has 1 atom stereocenters. The van der Waals surface area contributed by atoms with Gasteiger partial charge in [-0.05, 0) is 73.0 Å². The predicted octanol–water partition coefficient (Wildman–Crippen LogP) is 4.29. The summed E-state index contributed by atoms with van der Waals surface area (Å²) in [5.41, 5.74) is 5.74. The highest BCUT2D eigenvalue weighted by molar-refractivity contribution is 6.04. The van der Waals surface area contributed by atoms with Gasteiger partial charge in [0, 0.05) is 35.7 Å². The van der Waals surface area contributed by atoms with Gasteiger partial charge in [0.15, 0.2) is 0 Å². The summed E-state index contributed by atoms with van der Waals surface area (Å²) in [6.45, 7) is 3.58. The number of anilines is 3. The molecule has 1 aromatic heterocycles. The molecule has 1 unspecified atom stereocenters. The first-order chi connectivity index (χ1) is 17.1. The van der Waals surface area contributed by atoms with Crippen molar-refractivity contribution in [2.75, 3.05) is 22.1 Å². The van der Waals surface area contributed by atoms with Gasteiger partial charge in [-0.15, -0.1) is 0 Å². The molecule has 0 bridgehead atoms. The van der Waals surface area contributed by atoms with Crippen molar-refractivity contribution >= 4 is 28.9 Å². The highest BCUT2D eigenvalue weighted by Gasteiger charge is 2.17. The van der Waals surface area contributed by atoms with E-state index >= 15 is 0 Å². The number of carbonyl (C=O) groups excluding carboxylic acids is 2. The number of nitrogens with zero attached hydrogens (tertiary/aromatic N) is 4. The maximum atomic E-state index is 12.7. The average molecular weight is 467 g/mol. The second-order valence-electron chi connectivity index (χ2n) is 8.56. The molecular weight excluding hydrogens is 440 g/mol. The van der Waals surface area contributed by atoms with Crippen LogP contribution in [0, 0.1) is 0 Å². The van der Waals surface area contributed by atoms with Crippen LogP contribution in [0.25, 0.3) is 0 Å². The molecule has 8 heteroatoms. The molecule has 5 rings (SSSR count). The molecule has 2 amide bonds. The third-order valence-electron chi connectivity index (χ3n) is 6.25. The smallest absolute Gasteiger partial charge is 0.255 e. The highest BCUT2D eigenvalue weighted by Crippen LogP contribution is 2.25. The molecule has 8 nitrogen and oxygen atoms in total. The molecule has 0 fully saturated rings. The Morgan fingerprint density at radius 3 is 2.26 bits per heavy atom. The van der Waals surface area contributed by atoms with E-state index in [4.69, 9.17) is 0 Å². The Kier molecular flexibility index (Phi) is 6.26. The normalized spacial score (nSPS) is 13.6. The molecule has 2 N–H and O–H groups in total. The van der Waals surface area contributed by atoms with Gasteiger partial charge in [-0.3, -0.25) is 9.59 Å². The van der Waals surface area contributed by atoms with Crippen molar-refractivity contribution in [3.63, 3.8) is 0 Å². The SMILES string of the molecule is CC(C(=O)Nc1ccc(NC(=O)c2ccc(N3CCc4ccccc4C3)cc2)cc1)n1cncn1. The van der Waals surface area contributed by atoms with Crippen LogP contribution in [0.15, 0.2) is 85.5 Å². The van der Waals surface area contributed by atoms with E-state index < -0.39 is 6.04 Å². The summed E-state index contributed by atoms with van der Waals surface area (Å²) >= 11 is 0. The second kappa shape index (κ2) is 9.80. The van der Waals surface area contributed by atoms with Gasteiger partial charge in [-0.1, -0.05) is 24.3 Å². The standard InChI is InChI=1S/C27H26N6O2/c1-19(33-18-28-17-29-33)26(34)30-23-8-10-24(11-9-23)31-27(35)21-6-12-25(13-7-21)32-15-14-20-4-2-3-5-22(20)16-32/h2-13,17-19H,14-16H2,1H3,(H,30,34)(H,31,35). The van der Waals surface area contributed by atoms with E-state index in [9.17, 15) is 9.59 Å². The number of hydrogen-bond donors (Lipinski definition) is 2. The van der Waals surface area contributed by atoms with Crippen molar-refractivity contribution < 1.29 is 9.59 Å². The third kappa shape index (κ3) is 5.06. The summed E-state index contributed by atoms with van der Waals surface area (Å²) in [5, 5.41) is 9.74. The molecule has 0 spiro atoms. The molecule has 4 aromatic rings. The topological polar surface area (TPSA) is 92.2 Å². The zero-order valence-corrected chi connectivity index (χ0v) is 19.4. The number of fused-ring (bicyclic) bond motifs is 1. The van der Waals surface area contributed by atoms with E-state index in [1.165, 1.54) is 28.5 Å². The molecule has 3 aromatic carbocycles. The number of rotatable bonds is 6. The Hall–Kier alpha value is -4.46. The van der Waals surface area contributed by atoms with Gasteiger partial charge in [0.2, 0.25) is 5.91 Å². The Morgan fingerprint density at radius 1 is 0.886 bits per heavy atom. The first-order valence-electron chi connectivity index (χ1n) is 11.5. The van der Waals surface area contributed by atoms with E-state index in [0.717, 1.165) is 25.2 Å². The molecule has 1 aliphatic rings. The van der Waals surface area contributed by atoms with Crippen LogP contribution in [0.4, 0.5) is 17.1 Å². The van der Waals surface area contributed by atoms with Gasteiger partial charge in [0.1, 0.15) is 18.7 Å². The maximum Gasteiger partial charge on any atom is 0.255 e. The van der Waals surface area contributed by atoms with Crippen LogP contribution in [-0.2, 0) is 17.8 Å². The van der Waals surface area contributed by atoms with Crippen LogP contribution in [0.3, 0.4) is 0 Å². The van der Waals surface area contributed by atoms with Crippen LogP contribution >= 0.6 is 0 Å². The minimum absolute atomic E-state index is 0.183. The summed E-state index contributed by atoms with van der Waals surface area (Å²) in [6, 6.07) is 22.8. The number of benzene rings is 3. The van der Waals surface area contributed by atoms with E-state index in [1.54, 1.807) is 31.2 Å². The summed E-state index contributed by atoms with van der Waals surface area (Å²) in [4.78, 5) is 31.3. The minimum atomic E-state index is -0.487. The molecule has 0 radical (unpaired) electrons. The minimum Gasteiger partial charge on any atom is -0.367 e. The Balaban J connectivity index is 1.17. The van der Waals surface area contributed by atoms with Crippen LogP contribution in [0.2, 0.25) is 0 Å². The molecule has 1 aliphatic heterocycles. The van der Waals surface area contributed by atoms with Crippen molar-refractivity contribution in [1.29, 1.82) is 0 Å². The quantitative estimate of drug-likeness (QED) is 0.442. The predicted molar refractivity (Wildman–Crippen MR) is 135 cm³/mol. The molecule has 0 aliphatic carbocycles. The fourth-order valence-electron chi connectivity index (χ4n) is 4.16. The summed E-state index contributed by atoms with van der Waals surface area (Å²) in [6.07, 6.45) is 3.91. The van der Waals surface area contributed by atoms with E-state index in [-0.39, 0.29) is 11.8 Å². The lowest BCUT2D eigenvalue weighted by Gasteiger charge is -2.30. The van der Waals surface area contributed by atoms with Gasteiger partial charge in [0.05, 0.1) is 0 Å². The first kappa shape index (κ1) is 22.3. The number of amides is 2. The lowest BCUT2D eigenvalue weighted by atomic mass is 9.99. The Bertz CT molecular complexity index is 1320. The van der Waals surface area contributed by atoms with Crippen molar-refractivity contribution in [3.8, 4) is 0 Å². The fraction of sp³-hybridized carbons (Fsp3) is 0.185. The molecule has 35 heavy (non-hydrogen) atoms. The summed E-state index contributed by atoms with van der Waals surface area (Å²) in [7, 11) is 0. The summed E-state index contributed by atoms with van der Waals surface area (Å²) in [5.74, 6) is -0.387. The van der Waals surface area contributed by atoms with Crippen LogP contribution in [0.5, 0.6) is 0 Å². The van der Waals surface area contributed by atoms with Crippen molar-refractivity contribution in [2.24, 2.45) is 0 Å². The van der Waals surface area contributed by atoms with E-state index in [1.807, 2.05) is 24.3 Å². The van der Waals surface area contributed by atoms with Crippen molar-refractivity contribution in [3.05, 3.63) is 102 Å². The van der Waals surface area contributed by atoms with Gasteiger partial charge < -0.3 is 15.5 Å². The van der Waals surface area contributed by atoms with Crippen LogP contribution in [0.1, 0.15) is 34.5 Å². The molecule has 0 saturated carbocycles.